The van der Waals surface area contributed by atoms with Gasteiger partial charge >= 0.3 is 29.5 Å². The number of rotatable bonds is 1. The SMILES string of the molecule is CN(C)C1=CCC(=[N+]=[N-])C=C1.[O]=[Cr](=[O])([OH])[OH]. The van der Waals surface area contributed by atoms with Crippen LogP contribution in [0.3, 0.4) is 0 Å². The van der Waals surface area contributed by atoms with Gasteiger partial charge in [-0.05, 0) is 12.2 Å². The van der Waals surface area contributed by atoms with Crippen molar-refractivity contribution in [2.75, 3.05) is 14.1 Å². The summed E-state index contributed by atoms with van der Waals surface area (Å²) >= 11 is -5.25. The summed E-state index contributed by atoms with van der Waals surface area (Å²) in [7, 11) is 3.97. The van der Waals surface area contributed by atoms with Crippen LogP contribution >= 0.6 is 0 Å². The second kappa shape index (κ2) is 6.33. The van der Waals surface area contributed by atoms with E-state index in [1.165, 1.54) is 0 Å². The Morgan fingerprint density at radius 2 is 1.88 bits per heavy atom. The van der Waals surface area contributed by atoms with Crippen LogP contribution in [0.1, 0.15) is 6.42 Å². The fraction of sp³-hybridized carbons (Fsp3) is 0.375. The Balaban J connectivity index is 0.000000385. The van der Waals surface area contributed by atoms with Gasteiger partial charge < -0.3 is 10.4 Å². The molecule has 2 N–H and O–H groups in total. The van der Waals surface area contributed by atoms with E-state index < -0.39 is 13.6 Å². The van der Waals surface area contributed by atoms with E-state index in [0.717, 1.165) is 5.70 Å². The predicted octanol–water partition coefficient (Wildman–Crippen LogP) is -0.291. The summed E-state index contributed by atoms with van der Waals surface area (Å²) in [5.41, 5.74) is 10.3. The first kappa shape index (κ1) is 14.7. The predicted molar refractivity (Wildman–Crippen MR) is 50.0 cm³/mol. The van der Waals surface area contributed by atoms with Gasteiger partial charge in [-0.15, -0.1) is 0 Å². The van der Waals surface area contributed by atoms with E-state index in [9.17, 15) is 0 Å². The summed E-state index contributed by atoms with van der Waals surface area (Å²) in [6.07, 6.45) is 6.48. The van der Waals surface area contributed by atoms with Gasteiger partial charge in [0.25, 0.3) is 5.71 Å². The zero-order valence-electron chi connectivity index (χ0n) is 8.90. The van der Waals surface area contributed by atoms with Crippen LogP contribution in [0.25, 0.3) is 5.53 Å². The van der Waals surface area contributed by atoms with E-state index in [1.54, 1.807) is 0 Å². The fourth-order valence-electron chi connectivity index (χ4n) is 0.933. The van der Waals surface area contributed by atoms with Gasteiger partial charge in [0.1, 0.15) is 0 Å². The molecule has 0 bridgehead atoms. The first-order chi connectivity index (χ1) is 7.24. The van der Waals surface area contributed by atoms with Crippen molar-refractivity contribution >= 4 is 5.71 Å². The maximum absolute atomic E-state index is 8.82. The minimum absolute atomic E-state index is 0.704. The Kier molecular flexibility index (Phi) is 5.82. The third-order valence-electron chi connectivity index (χ3n) is 1.61. The topological polar surface area (TPSA) is 114 Å². The molecule has 0 aromatic carbocycles. The molecule has 0 amide bonds. The number of nitrogens with zero attached hydrogens (tertiary/aromatic N) is 3. The van der Waals surface area contributed by atoms with Crippen LogP contribution in [-0.4, -0.2) is 37.8 Å². The molecular weight excluding hydrogens is 254 g/mol. The number of allylic oxidation sites excluding steroid dienone is 3. The van der Waals surface area contributed by atoms with Crippen LogP contribution in [-0.2, 0) is 21.2 Å². The molecule has 0 heterocycles. The molecule has 0 saturated carbocycles. The van der Waals surface area contributed by atoms with Crippen LogP contribution in [0.4, 0.5) is 0 Å². The van der Waals surface area contributed by atoms with Gasteiger partial charge in [-0.3, -0.25) is 0 Å². The second-order valence-corrected chi connectivity index (χ2v) is 4.50. The van der Waals surface area contributed by atoms with Gasteiger partial charge in [-0.2, -0.15) is 4.79 Å². The zero-order chi connectivity index (χ0) is 12.8. The standard InChI is InChI=1S/C8H11N3.Cr.2H2O.2O/c1-11(2)8-5-3-7(10-9)4-6-8;;;;;/h3,5-6H,4H2,1-2H3;;2*1H2;;/q;+2;;;;/p-2. The van der Waals surface area contributed by atoms with Crippen molar-refractivity contribution in [2.45, 2.75) is 6.42 Å². The summed E-state index contributed by atoms with van der Waals surface area (Å²) in [4.78, 5) is 5.13. The third kappa shape index (κ3) is 8.06. The van der Waals surface area contributed by atoms with Gasteiger partial charge in [0.15, 0.2) is 0 Å². The molecular formula is C8H13CrN3O4. The third-order valence-corrected chi connectivity index (χ3v) is 1.61. The van der Waals surface area contributed by atoms with Crippen LogP contribution < -0.4 is 0 Å². The molecule has 8 heteroatoms. The van der Waals surface area contributed by atoms with Crippen LogP contribution in [0.5, 0.6) is 0 Å². The van der Waals surface area contributed by atoms with Crippen LogP contribution in [0.15, 0.2) is 23.9 Å². The summed E-state index contributed by atoms with van der Waals surface area (Å²) in [6, 6.07) is 0. The van der Waals surface area contributed by atoms with Crippen molar-refractivity contribution < 1.29 is 34.3 Å². The van der Waals surface area contributed by atoms with E-state index in [-0.39, 0.29) is 0 Å². The molecule has 7 nitrogen and oxygen atoms in total. The molecule has 0 spiro atoms. The molecule has 90 valence electrons. The van der Waals surface area contributed by atoms with Crippen molar-refractivity contribution in [1.29, 1.82) is 0 Å². The second-order valence-electron chi connectivity index (χ2n) is 3.10. The Morgan fingerprint density at radius 1 is 1.38 bits per heavy atom. The monoisotopic (exact) mass is 267 g/mol. The van der Waals surface area contributed by atoms with Gasteiger partial charge in [-0.25, -0.2) is 0 Å². The van der Waals surface area contributed by atoms with Gasteiger partial charge in [0, 0.05) is 25.9 Å². The molecule has 0 unspecified atom stereocenters. The normalized spacial score (nSPS) is 14.5. The molecule has 0 atom stereocenters. The van der Waals surface area contributed by atoms with Crippen molar-refractivity contribution in [2.24, 2.45) is 0 Å². The Bertz CT molecular complexity index is 436. The van der Waals surface area contributed by atoms with Gasteiger partial charge in [0.2, 0.25) is 0 Å². The molecule has 0 fully saturated rings. The van der Waals surface area contributed by atoms with E-state index in [2.05, 4.69) is 4.79 Å². The molecule has 0 saturated heterocycles. The van der Waals surface area contributed by atoms with Gasteiger partial charge in [-0.1, -0.05) is 0 Å². The molecule has 1 aliphatic rings. The summed E-state index contributed by atoms with van der Waals surface area (Å²) in [5.74, 6) is 0. The first-order valence-corrected chi connectivity index (χ1v) is 6.38. The maximum atomic E-state index is 8.82. The van der Waals surface area contributed by atoms with E-state index >= 15 is 0 Å². The fourth-order valence-corrected chi connectivity index (χ4v) is 0.933. The quantitative estimate of drug-likeness (QED) is 0.500. The van der Waals surface area contributed by atoms with E-state index in [0.29, 0.717) is 12.1 Å². The van der Waals surface area contributed by atoms with Crippen molar-refractivity contribution in [1.82, 2.24) is 4.90 Å². The van der Waals surface area contributed by atoms with E-state index in [4.69, 9.17) is 21.5 Å². The molecule has 1 rings (SSSR count). The Morgan fingerprint density at radius 3 is 2.12 bits per heavy atom. The summed E-state index contributed by atoms with van der Waals surface area (Å²) in [6.45, 7) is 0. The molecule has 0 radical (unpaired) electrons. The first-order valence-electron chi connectivity index (χ1n) is 4.20. The van der Waals surface area contributed by atoms with Crippen molar-refractivity contribution in [3.05, 3.63) is 29.5 Å². The summed E-state index contributed by atoms with van der Waals surface area (Å²) in [5, 5.41) is 0. The number of hydrogen-bond donors (Lipinski definition) is 2. The van der Waals surface area contributed by atoms with Crippen LogP contribution in [0.2, 0.25) is 0 Å². The summed E-state index contributed by atoms with van der Waals surface area (Å²) < 4.78 is 31.9. The molecule has 0 aliphatic heterocycles. The van der Waals surface area contributed by atoms with Crippen LogP contribution in [0, 0.1) is 0 Å². The Hall–Kier alpha value is -1.29. The molecule has 0 aromatic heterocycles. The van der Waals surface area contributed by atoms with Gasteiger partial charge in [0.05, 0.1) is 6.42 Å². The molecule has 1 aliphatic carbocycles. The molecule has 0 aromatic rings. The zero-order valence-corrected chi connectivity index (χ0v) is 10.2. The van der Waals surface area contributed by atoms with E-state index in [1.807, 2.05) is 37.2 Å². The average Bonchev–Trinajstić information content (AvgIpc) is 2.15. The Labute approximate surface area is 95.3 Å². The van der Waals surface area contributed by atoms with Crippen molar-refractivity contribution in [3.8, 4) is 0 Å². The molecule has 16 heavy (non-hydrogen) atoms. The van der Waals surface area contributed by atoms with Crippen molar-refractivity contribution in [3.63, 3.8) is 0 Å². The number of likely N-dealkylation sites (N-methyl/N-ethyl adjacent to an activating group) is 1. The number of hydrogen-bond acceptors (Lipinski definition) is 3. The minimum atomic E-state index is -5.25. The average molecular weight is 267 g/mol.